The highest BCUT2D eigenvalue weighted by atomic mass is 16.1. The van der Waals surface area contributed by atoms with Gasteiger partial charge in [-0.1, -0.05) is 43.7 Å². The molecule has 16 heavy (non-hydrogen) atoms. The van der Waals surface area contributed by atoms with E-state index in [4.69, 9.17) is 11.5 Å². The minimum absolute atomic E-state index is 0.150. The number of carbonyl (C=O) groups excluding carboxylic acids is 1. The van der Waals surface area contributed by atoms with Crippen molar-refractivity contribution in [1.29, 1.82) is 0 Å². The van der Waals surface area contributed by atoms with Crippen LogP contribution in [0.5, 0.6) is 0 Å². The lowest BCUT2D eigenvalue weighted by Gasteiger charge is -2.24. The summed E-state index contributed by atoms with van der Waals surface area (Å²) in [6.07, 6.45) is 0.561. The van der Waals surface area contributed by atoms with Gasteiger partial charge in [0.1, 0.15) is 0 Å². The van der Waals surface area contributed by atoms with Crippen molar-refractivity contribution in [1.82, 2.24) is 0 Å². The van der Waals surface area contributed by atoms with E-state index in [1.807, 2.05) is 45.0 Å². The minimum Gasteiger partial charge on any atom is -0.369 e. The van der Waals surface area contributed by atoms with Crippen molar-refractivity contribution in [3.8, 4) is 0 Å². The fraction of sp³-hybridized carbons (Fsp3) is 0.462. The van der Waals surface area contributed by atoms with Gasteiger partial charge in [0, 0.05) is 11.5 Å². The van der Waals surface area contributed by atoms with E-state index in [2.05, 4.69) is 0 Å². The molecule has 1 aromatic rings. The second kappa shape index (κ2) is 4.66. The van der Waals surface area contributed by atoms with E-state index in [0.717, 1.165) is 5.56 Å². The number of benzene rings is 1. The van der Waals surface area contributed by atoms with Crippen molar-refractivity contribution in [3.05, 3.63) is 35.4 Å². The Balaban J connectivity index is 2.76. The summed E-state index contributed by atoms with van der Waals surface area (Å²) in [6, 6.07) is 7.88. The monoisotopic (exact) mass is 220 g/mol. The van der Waals surface area contributed by atoms with Gasteiger partial charge in [0.2, 0.25) is 5.91 Å². The van der Waals surface area contributed by atoms with Crippen molar-refractivity contribution < 1.29 is 4.79 Å². The van der Waals surface area contributed by atoms with E-state index in [1.165, 1.54) is 5.56 Å². The molecule has 0 saturated carbocycles. The summed E-state index contributed by atoms with van der Waals surface area (Å²) in [5.41, 5.74) is 13.1. The molecule has 0 spiro atoms. The normalized spacial score (nSPS) is 13.5. The summed E-state index contributed by atoms with van der Waals surface area (Å²) >= 11 is 0. The van der Waals surface area contributed by atoms with E-state index in [0.29, 0.717) is 6.42 Å². The molecule has 4 N–H and O–H groups in total. The fourth-order valence-corrected chi connectivity index (χ4v) is 1.58. The molecule has 1 atom stereocenters. The molecule has 0 radical (unpaired) electrons. The fourth-order valence-electron chi connectivity index (χ4n) is 1.58. The minimum atomic E-state index is -0.565. The molecule has 0 fully saturated rings. The van der Waals surface area contributed by atoms with E-state index in [-0.39, 0.29) is 11.9 Å². The zero-order chi connectivity index (χ0) is 12.3. The lowest BCUT2D eigenvalue weighted by molar-refractivity contribution is -0.126. The zero-order valence-electron chi connectivity index (χ0n) is 10.2. The van der Waals surface area contributed by atoms with Crippen LogP contribution in [-0.2, 0) is 4.79 Å². The van der Waals surface area contributed by atoms with E-state index in [1.54, 1.807) is 0 Å². The quantitative estimate of drug-likeness (QED) is 0.813. The van der Waals surface area contributed by atoms with Crippen LogP contribution >= 0.6 is 0 Å². The van der Waals surface area contributed by atoms with Crippen LogP contribution in [0.3, 0.4) is 0 Å². The number of nitrogens with two attached hydrogens (primary N) is 2. The number of rotatable bonds is 4. The molecule has 0 bridgehead atoms. The van der Waals surface area contributed by atoms with Crippen LogP contribution in [0.2, 0.25) is 0 Å². The summed E-state index contributed by atoms with van der Waals surface area (Å²) in [7, 11) is 0. The molecule has 0 saturated heterocycles. The SMILES string of the molecule is Cc1ccc(C(N)CC(C)(C)C(N)=O)cc1. The zero-order valence-corrected chi connectivity index (χ0v) is 10.2. The van der Waals surface area contributed by atoms with Gasteiger partial charge in [-0.15, -0.1) is 0 Å². The van der Waals surface area contributed by atoms with Crippen LogP contribution in [0.4, 0.5) is 0 Å². The van der Waals surface area contributed by atoms with Gasteiger partial charge in [0.25, 0.3) is 0 Å². The molecule has 0 aliphatic rings. The predicted octanol–water partition coefficient (Wildman–Crippen LogP) is 1.90. The van der Waals surface area contributed by atoms with Crippen molar-refractivity contribution in [3.63, 3.8) is 0 Å². The lowest BCUT2D eigenvalue weighted by Crippen LogP contribution is -2.34. The highest BCUT2D eigenvalue weighted by molar-refractivity contribution is 5.79. The van der Waals surface area contributed by atoms with E-state index >= 15 is 0 Å². The first kappa shape index (κ1) is 12.7. The molecule has 1 amide bonds. The third-order valence-corrected chi connectivity index (χ3v) is 2.90. The van der Waals surface area contributed by atoms with Crippen LogP contribution in [0.25, 0.3) is 0 Å². The average Bonchev–Trinajstić information content (AvgIpc) is 2.17. The molecular formula is C13H20N2O. The summed E-state index contributed by atoms with van der Waals surface area (Å²) in [5.74, 6) is -0.310. The number of primary amides is 1. The van der Waals surface area contributed by atoms with Crippen LogP contribution in [0.1, 0.15) is 37.4 Å². The number of carbonyl (C=O) groups is 1. The highest BCUT2D eigenvalue weighted by Crippen LogP contribution is 2.28. The first-order valence-electron chi connectivity index (χ1n) is 5.45. The maximum absolute atomic E-state index is 11.2. The number of hydrogen-bond donors (Lipinski definition) is 2. The summed E-state index contributed by atoms with van der Waals surface area (Å²) < 4.78 is 0. The Labute approximate surface area is 96.8 Å². The Morgan fingerprint density at radius 3 is 2.25 bits per heavy atom. The van der Waals surface area contributed by atoms with Crippen molar-refractivity contribution in [2.24, 2.45) is 16.9 Å². The second-order valence-electron chi connectivity index (χ2n) is 4.97. The van der Waals surface area contributed by atoms with Gasteiger partial charge in [-0.05, 0) is 18.9 Å². The van der Waals surface area contributed by atoms with Gasteiger partial charge in [-0.2, -0.15) is 0 Å². The maximum Gasteiger partial charge on any atom is 0.223 e. The third kappa shape index (κ3) is 3.07. The molecule has 1 rings (SSSR count). The predicted molar refractivity (Wildman–Crippen MR) is 65.7 cm³/mol. The molecule has 1 unspecified atom stereocenters. The average molecular weight is 220 g/mol. The van der Waals surface area contributed by atoms with E-state index in [9.17, 15) is 4.79 Å². The molecule has 0 aliphatic carbocycles. The summed E-state index contributed by atoms with van der Waals surface area (Å²) in [6.45, 7) is 5.68. The van der Waals surface area contributed by atoms with Gasteiger partial charge < -0.3 is 11.5 Å². The van der Waals surface area contributed by atoms with Gasteiger partial charge in [0.15, 0.2) is 0 Å². The van der Waals surface area contributed by atoms with Crippen LogP contribution in [-0.4, -0.2) is 5.91 Å². The number of aryl methyl sites for hydroxylation is 1. The topological polar surface area (TPSA) is 69.1 Å². The Hall–Kier alpha value is -1.35. The highest BCUT2D eigenvalue weighted by Gasteiger charge is 2.27. The van der Waals surface area contributed by atoms with Crippen molar-refractivity contribution in [2.45, 2.75) is 33.2 Å². The molecular weight excluding hydrogens is 200 g/mol. The van der Waals surface area contributed by atoms with E-state index < -0.39 is 5.41 Å². The maximum atomic E-state index is 11.2. The van der Waals surface area contributed by atoms with Gasteiger partial charge >= 0.3 is 0 Å². The smallest absolute Gasteiger partial charge is 0.223 e. The summed E-state index contributed by atoms with van der Waals surface area (Å²) in [5, 5.41) is 0. The Morgan fingerprint density at radius 1 is 1.31 bits per heavy atom. The molecule has 0 aromatic heterocycles. The number of amides is 1. The Bertz CT molecular complexity index is 368. The third-order valence-electron chi connectivity index (χ3n) is 2.90. The first-order valence-corrected chi connectivity index (χ1v) is 5.45. The Kier molecular flexibility index (Phi) is 3.70. The molecule has 3 nitrogen and oxygen atoms in total. The lowest BCUT2D eigenvalue weighted by atomic mass is 9.83. The van der Waals surface area contributed by atoms with Crippen LogP contribution in [0, 0.1) is 12.3 Å². The molecule has 0 aliphatic heterocycles. The summed E-state index contributed by atoms with van der Waals surface area (Å²) in [4.78, 5) is 11.2. The molecule has 0 heterocycles. The van der Waals surface area contributed by atoms with Crippen molar-refractivity contribution in [2.75, 3.05) is 0 Å². The molecule has 1 aromatic carbocycles. The van der Waals surface area contributed by atoms with Crippen LogP contribution in [0.15, 0.2) is 24.3 Å². The second-order valence-corrected chi connectivity index (χ2v) is 4.97. The van der Waals surface area contributed by atoms with Crippen molar-refractivity contribution >= 4 is 5.91 Å². The van der Waals surface area contributed by atoms with Gasteiger partial charge in [0.05, 0.1) is 0 Å². The Morgan fingerprint density at radius 2 is 1.81 bits per heavy atom. The van der Waals surface area contributed by atoms with Gasteiger partial charge in [-0.25, -0.2) is 0 Å². The standard InChI is InChI=1S/C13H20N2O/c1-9-4-6-10(7-5-9)11(14)8-13(2,3)12(15)16/h4-7,11H,8,14H2,1-3H3,(H2,15,16). The van der Waals surface area contributed by atoms with Gasteiger partial charge in [-0.3, -0.25) is 4.79 Å². The largest absolute Gasteiger partial charge is 0.369 e. The molecule has 88 valence electrons. The van der Waals surface area contributed by atoms with Crippen LogP contribution < -0.4 is 11.5 Å². The number of hydrogen-bond acceptors (Lipinski definition) is 2. The first-order chi connectivity index (χ1) is 7.33. The molecule has 3 heteroatoms.